The highest BCUT2D eigenvalue weighted by atomic mass is 15.0. The van der Waals surface area contributed by atoms with Crippen molar-refractivity contribution in [2.45, 2.75) is 13.8 Å². The molecule has 12 rings (SSSR count). The second-order valence-corrected chi connectivity index (χ2v) is 16.5. The fraction of sp³-hybridized carbons (Fsp3) is 0.0339. The Labute approximate surface area is 365 Å². The van der Waals surface area contributed by atoms with E-state index < -0.39 is 0 Å². The predicted octanol–water partition coefficient (Wildman–Crippen LogP) is 15.4. The van der Waals surface area contributed by atoms with Crippen molar-refractivity contribution in [1.29, 1.82) is 0 Å². The van der Waals surface area contributed by atoms with E-state index in [1.165, 1.54) is 49.1 Å². The van der Waals surface area contributed by atoms with Gasteiger partial charge in [0.25, 0.3) is 0 Å². The number of hydrogen-bond donors (Lipinski definition) is 0. The summed E-state index contributed by atoms with van der Waals surface area (Å²) in [6.07, 6.45) is 0. The van der Waals surface area contributed by atoms with E-state index >= 15 is 0 Å². The van der Waals surface area contributed by atoms with Gasteiger partial charge in [0.15, 0.2) is 5.82 Å². The Hall–Kier alpha value is -8.21. The first-order valence-corrected chi connectivity index (χ1v) is 21.5. The molecular formula is C59H40N4. The summed E-state index contributed by atoms with van der Waals surface area (Å²) >= 11 is 0. The first kappa shape index (κ1) is 36.6. The molecule has 0 fully saturated rings. The number of pyridine rings is 1. The van der Waals surface area contributed by atoms with Gasteiger partial charge in [0.1, 0.15) is 0 Å². The van der Waals surface area contributed by atoms with Gasteiger partial charge in [-0.2, -0.15) is 0 Å². The summed E-state index contributed by atoms with van der Waals surface area (Å²) in [5, 5.41) is 8.32. The highest BCUT2D eigenvalue weighted by Crippen LogP contribution is 2.46. The Morgan fingerprint density at radius 2 is 0.905 bits per heavy atom. The number of hydrogen-bond acceptors (Lipinski definition) is 3. The minimum atomic E-state index is 0.692. The number of benzene rings is 9. The molecule has 0 saturated carbocycles. The molecule has 4 nitrogen and oxygen atoms in total. The Balaban J connectivity index is 1.09. The fourth-order valence-corrected chi connectivity index (χ4v) is 9.44. The largest absolute Gasteiger partial charge is 0.309 e. The first-order chi connectivity index (χ1) is 31.1. The van der Waals surface area contributed by atoms with E-state index in [1.807, 2.05) is 0 Å². The molecule has 9 aromatic carbocycles. The van der Waals surface area contributed by atoms with Crippen molar-refractivity contribution in [1.82, 2.24) is 19.5 Å². The van der Waals surface area contributed by atoms with Gasteiger partial charge in [0, 0.05) is 54.9 Å². The summed E-state index contributed by atoms with van der Waals surface area (Å²) in [7, 11) is 0. The molecule has 0 aliphatic rings. The SMILES string of the molecule is Cc1ccc(-c2cc(-c3ccc(C)cc3)nc(-c3ccc(-c4cc5nc(-c6ccccc6)c6ccc7c(c8ccccc8n7-c7ccccc7)c6c5c5ccccc45)cc3)n2)cc1. The third kappa shape index (κ3) is 6.18. The summed E-state index contributed by atoms with van der Waals surface area (Å²) in [5.74, 6) is 0.692. The van der Waals surface area contributed by atoms with Crippen LogP contribution in [0.15, 0.2) is 206 Å². The number of nitrogens with zero attached hydrogens (tertiary/aromatic N) is 4. The molecule has 0 atom stereocenters. The minimum Gasteiger partial charge on any atom is -0.309 e. The zero-order valence-electron chi connectivity index (χ0n) is 34.9. The molecule has 3 aromatic heterocycles. The van der Waals surface area contributed by atoms with Crippen LogP contribution in [0, 0.1) is 13.8 Å². The van der Waals surface area contributed by atoms with Crippen molar-refractivity contribution in [3.63, 3.8) is 0 Å². The molecule has 296 valence electrons. The monoisotopic (exact) mass is 804 g/mol. The lowest BCUT2D eigenvalue weighted by atomic mass is 9.90. The number of aromatic nitrogens is 4. The van der Waals surface area contributed by atoms with Crippen LogP contribution in [0.3, 0.4) is 0 Å². The fourth-order valence-electron chi connectivity index (χ4n) is 9.44. The Kier molecular flexibility index (Phi) is 8.58. The molecular weight excluding hydrogens is 765 g/mol. The number of fused-ring (bicyclic) bond motifs is 9. The van der Waals surface area contributed by atoms with Gasteiger partial charge in [-0.3, -0.25) is 0 Å². The van der Waals surface area contributed by atoms with Crippen LogP contribution < -0.4 is 0 Å². The maximum absolute atomic E-state index is 5.59. The zero-order chi connectivity index (χ0) is 42.0. The van der Waals surface area contributed by atoms with Gasteiger partial charge in [-0.05, 0) is 72.1 Å². The second-order valence-electron chi connectivity index (χ2n) is 16.5. The van der Waals surface area contributed by atoms with Gasteiger partial charge in [0.2, 0.25) is 0 Å². The predicted molar refractivity (Wildman–Crippen MR) is 263 cm³/mol. The highest BCUT2D eigenvalue weighted by molar-refractivity contribution is 6.34. The van der Waals surface area contributed by atoms with Crippen LogP contribution in [0.1, 0.15) is 11.1 Å². The molecule has 0 radical (unpaired) electrons. The Bertz CT molecular complexity index is 3640. The molecule has 0 aliphatic carbocycles. The first-order valence-electron chi connectivity index (χ1n) is 21.5. The number of para-hydroxylation sites is 2. The molecule has 63 heavy (non-hydrogen) atoms. The normalized spacial score (nSPS) is 11.7. The second kappa shape index (κ2) is 14.8. The summed E-state index contributed by atoms with van der Waals surface area (Å²) in [6.45, 7) is 4.22. The number of rotatable bonds is 6. The van der Waals surface area contributed by atoms with Crippen LogP contribution in [0.5, 0.6) is 0 Å². The van der Waals surface area contributed by atoms with Gasteiger partial charge in [0.05, 0.1) is 33.6 Å². The van der Waals surface area contributed by atoms with Crippen LogP contribution in [-0.4, -0.2) is 19.5 Å². The molecule has 0 unspecified atom stereocenters. The average molecular weight is 805 g/mol. The van der Waals surface area contributed by atoms with Crippen LogP contribution in [0.2, 0.25) is 0 Å². The van der Waals surface area contributed by atoms with Gasteiger partial charge in [-0.1, -0.05) is 181 Å². The Morgan fingerprint density at radius 3 is 1.57 bits per heavy atom. The topological polar surface area (TPSA) is 43.6 Å². The van der Waals surface area contributed by atoms with Crippen molar-refractivity contribution < 1.29 is 0 Å². The molecule has 0 amide bonds. The van der Waals surface area contributed by atoms with Crippen molar-refractivity contribution in [3.05, 3.63) is 217 Å². The molecule has 0 saturated heterocycles. The van der Waals surface area contributed by atoms with Crippen molar-refractivity contribution in [3.8, 4) is 62.0 Å². The van der Waals surface area contributed by atoms with Gasteiger partial charge < -0.3 is 4.57 Å². The minimum absolute atomic E-state index is 0.692. The van der Waals surface area contributed by atoms with Gasteiger partial charge in [-0.25, -0.2) is 15.0 Å². The summed E-state index contributed by atoms with van der Waals surface area (Å²) < 4.78 is 2.40. The van der Waals surface area contributed by atoms with E-state index in [1.54, 1.807) is 0 Å². The van der Waals surface area contributed by atoms with Crippen molar-refractivity contribution in [2.24, 2.45) is 0 Å². The molecule has 4 heteroatoms. The lowest BCUT2D eigenvalue weighted by molar-refractivity contribution is 1.18. The molecule has 12 aromatic rings. The molecule has 0 spiro atoms. The van der Waals surface area contributed by atoms with E-state index in [0.29, 0.717) is 5.82 Å². The zero-order valence-corrected chi connectivity index (χ0v) is 34.9. The van der Waals surface area contributed by atoms with Crippen LogP contribution in [0.25, 0.3) is 116 Å². The van der Waals surface area contributed by atoms with E-state index in [9.17, 15) is 0 Å². The third-order valence-corrected chi connectivity index (χ3v) is 12.5. The maximum Gasteiger partial charge on any atom is 0.160 e. The standard InChI is InChI=1S/C59H40N4/c1-37-21-25-40(26-22-37)50-36-51(41-27-23-38(2)24-28-41)62-59(61-50)43-31-29-39(30-32-43)49-35-52-55(46-18-10-9-17-45(46)49)57-48(58(60-52)42-13-5-3-6-14-42)33-34-54-56(57)47-19-11-12-20-53(47)63(54)44-15-7-4-8-16-44/h3-36H,1-2H3. The van der Waals surface area contributed by atoms with Crippen LogP contribution in [-0.2, 0) is 0 Å². The smallest absolute Gasteiger partial charge is 0.160 e. The lowest BCUT2D eigenvalue weighted by Gasteiger charge is -2.17. The van der Waals surface area contributed by atoms with E-state index in [0.717, 1.165) is 72.4 Å². The summed E-state index contributed by atoms with van der Waals surface area (Å²) in [6, 6.07) is 73.8. The van der Waals surface area contributed by atoms with Gasteiger partial charge >= 0.3 is 0 Å². The van der Waals surface area contributed by atoms with E-state index in [2.05, 4.69) is 225 Å². The van der Waals surface area contributed by atoms with E-state index in [4.69, 9.17) is 15.0 Å². The third-order valence-electron chi connectivity index (χ3n) is 12.5. The average Bonchev–Trinajstić information content (AvgIpc) is 3.69. The maximum atomic E-state index is 5.59. The lowest BCUT2D eigenvalue weighted by Crippen LogP contribution is -1.96. The molecule has 0 bridgehead atoms. The van der Waals surface area contributed by atoms with Crippen LogP contribution >= 0.6 is 0 Å². The van der Waals surface area contributed by atoms with Crippen LogP contribution in [0.4, 0.5) is 0 Å². The van der Waals surface area contributed by atoms with Crippen molar-refractivity contribution >= 4 is 54.3 Å². The molecule has 0 N–H and O–H groups in total. The molecule has 3 heterocycles. The van der Waals surface area contributed by atoms with Crippen molar-refractivity contribution in [2.75, 3.05) is 0 Å². The van der Waals surface area contributed by atoms with Gasteiger partial charge in [-0.15, -0.1) is 0 Å². The molecule has 0 aliphatic heterocycles. The Morgan fingerprint density at radius 1 is 0.349 bits per heavy atom. The highest BCUT2D eigenvalue weighted by Gasteiger charge is 2.22. The number of aryl methyl sites for hydroxylation is 2. The quantitative estimate of drug-likeness (QED) is 0.157. The summed E-state index contributed by atoms with van der Waals surface area (Å²) in [4.78, 5) is 15.9. The van der Waals surface area contributed by atoms with E-state index in [-0.39, 0.29) is 0 Å². The summed E-state index contributed by atoms with van der Waals surface area (Å²) in [5.41, 5.74) is 16.1.